The van der Waals surface area contributed by atoms with E-state index in [1.165, 1.54) is 58.3 Å². The van der Waals surface area contributed by atoms with Gasteiger partial charge in [-0.1, -0.05) is 69.2 Å². The number of carbonyl (C=O) groups excluding carboxylic acids is 12. The van der Waals surface area contributed by atoms with Crippen LogP contribution in [-0.2, 0) is 57.5 Å². The Labute approximate surface area is 491 Å². The van der Waals surface area contributed by atoms with Crippen LogP contribution in [0.5, 0.6) is 0 Å². The van der Waals surface area contributed by atoms with Crippen LogP contribution in [0.15, 0.2) is 0 Å². The molecule has 12 amide bonds. The van der Waals surface area contributed by atoms with Crippen molar-refractivity contribution in [3.8, 4) is 0 Å². The van der Waals surface area contributed by atoms with Crippen molar-refractivity contribution in [2.24, 2.45) is 35.3 Å². The topological polar surface area (TPSA) is 366 Å². The maximum atomic E-state index is 14.5. The number of likely N-dealkylation sites (tertiary alicyclic amines) is 2. The summed E-state index contributed by atoms with van der Waals surface area (Å²) < 4.78 is 0. The molecule has 472 valence electrons. The summed E-state index contributed by atoms with van der Waals surface area (Å²) in [6.45, 7) is 28.5. The van der Waals surface area contributed by atoms with E-state index < -0.39 is 136 Å². The van der Waals surface area contributed by atoms with Gasteiger partial charge >= 0.3 is 0 Å². The fourth-order valence-electron chi connectivity index (χ4n) is 10.3. The fourth-order valence-corrected chi connectivity index (χ4v) is 10.3. The third-order valence-electron chi connectivity index (χ3n) is 14.5. The van der Waals surface area contributed by atoms with Crippen LogP contribution in [0, 0.1) is 29.6 Å². The van der Waals surface area contributed by atoms with Gasteiger partial charge in [-0.25, -0.2) is 0 Å². The minimum Gasteiger partial charge on any atom is -0.394 e. The molecule has 2 heterocycles. The standard InChI is InChI=1S/C58H102N12O13/c1-31(2)26-37(30-71)60-50(78)42-20-18-24-69(42)54(82)57(14,15)67-49(77)41(29-34(7)8)62-47(75)39(27-32(3)4)63-51(79)43-21-19-25-70(43)55(83)58(16,17)68-52(80)45(35(9)10)65-48(76)40(28-33(5)6)61-46(74)38(22-23-44(59)73)64-53(81)56(12,13)66-36(11)72/h31-35,37-43,45,71H,18-30H2,1-17H3,(H2,59,73)(H,60,78)(H,61,74)(H,62,75)(H,63,79)(H,64,81)(H,65,76)(H,66,72)(H,67,77)(H,68,80). The Morgan fingerprint density at radius 3 is 1.30 bits per heavy atom. The second kappa shape index (κ2) is 32.0. The molecule has 0 aromatic rings. The summed E-state index contributed by atoms with van der Waals surface area (Å²) in [5, 5.41) is 34.4. The van der Waals surface area contributed by atoms with Gasteiger partial charge in [0, 0.05) is 26.4 Å². The first kappa shape index (κ1) is 72.7. The molecule has 0 aliphatic carbocycles. The molecule has 0 radical (unpaired) electrons. The third-order valence-corrected chi connectivity index (χ3v) is 14.5. The molecule has 0 aromatic heterocycles. The van der Waals surface area contributed by atoms with E-state index in [2.05, 4.69) is 47.9 Å². The van der Waals surface area contributed by atoms with Gasteiger partial charge in [0.15, 0.2) is 0 Å². The molecule has 0 spiro atoms. The number of nitrogens with one attached hydrogen (secondary N) is 9. The summed E-state index contributed by atoms with van der Waals surface area (Å²) in [5.74, 6) is -8.51. The number of hydrogen-bond donors (Lipinski definition) is 11. The molecule has 12 N–H and O–H groups in total. The highest BCUT2D eigenvalue weighted by atomic mass is 16.3. The predicted octanol–water partition coefficient (Wildman–Crippen LogP) is 0.680. The van der Waals surface area contributed by atoms with Crippen LogP contribution in [0.4, 0.5) is 0 Å². The third kappa shape index (κ3) is 22.9. The zero-order chi connectivity index (χ0) is 63.6. The molecule has 25 nitrogen and oxygen atoms in total. The SMILES string of the molecule is CC(=O)NC(C)(C)C(=O)NC(CCC(N)=O)C(=O)NC(CC(C)C)C(=O)NC(C(=O)NC(C)(C)C(=O)N1CCCC1C(=O)NC(CC(C)C)C(=O)NC(CC(C)C)C(=O)NC(C)(C)C(=O)N1CCCC1C(=O)NC(CO)CC(C)C)C(C)C. The van der Waals surface area contributed by atoms with Gasteiger partial charge in [0.05, 0.1) is 12.6 Å². The van der Waals surface area contributed by atoms with Crippen LogP contribution < -0.4 is 53.6 Å². The Kier molecular flexibility index (Phi) is 28.1. The Hall–Kier alpha value is -6.40. The van der Waals surface area contributed by atoms with Crippen molar-refractivity contribution in [1.82, 2.24) is 57.7 Å². The first-order valence-corrected chi connectivity index (χ1v) is 29.5. The lowest BCUT2D eigenvalue weighted by molar-refractivity contribution is -0.146. The van der Waals surface area contributed by atoms with Gasteiger partial charge in [0.25, 0.3) is 0 Å². The van der Waals surface area contributed by atoms with Crippen LogP contribution in [0.25, 0.3) is 0 Å². The average molecular weight is 1180 g/mol. The lowest BCUT2D eigenvalue weighted by atomic mass is 9.97. The van der Waals surface area contributed by atoms with Crippen molar-refractivity contribution in [1.29, 1.82) is 0 Å². The van der Waals surface area contributed by atoms with Crippen molar-refractivity contribution >= 4 is 70.9 Å². The maximum absolute atomic E-state index is 14.5. The quantitative estimate of drug-likeness (QED) is 0.0442. The minimum atomic E-state index is -1.65. The summed E-state index contributed by atoms with van der Waals surface area (Å²) in [6, 6.07) is -8.49. The maximum Gasteiger partial charge on any atom is 0.248 e. The van der Waals surface area contributed by atoms with Crippen molar-refractivity contribution in [3.63, 3.8) is 0 Å². The second-order valence-corrected chi connectivity index (χ2v) is 26.2. The molecule has 0 bridgehead atoms. The molecule has 8 atom stereocenters. The van der Waals surface area contributed by atoms with E-state index in [9.17, 15) is 62.6 Å². The number of amides is 12. The van der Waals surface area contributed by atoms with Gasteiger partial charge in [-0.2, -0.15) is 0 Å². The molecule has 2 fully saturated rings. The molecule has 2 aliphatic rings. The van der Waals surface area contributed by atoms with Gasteiger partial charge in [0.1, 0.15) is 58.9 Å². The number of hydrogen-bond acceptors (Lipinski definition) is 13. The molecule has 2 aliphatic heterocycles. The molecule has 2 rings (SSSR count). The van der Waals surface area contributed by atoms with Crippen LogP contribution in [0.2, 0.25) is 0 Å². The van der Waals surface area contributed by atoms with Gasteiger partial charge < -0.3 is 68.5 Å². The lowest BCUT2D eigenvalue weighted by Crippen LogP contribution is -2.64. The van der Waals surface area contributed by atoms with E-state index >= 15 is 0 Å². The first-order chi connectivity index (χ1) is 38.2. The number of nitrogens with two attached hydrogens (primary N) is 1. The highest BCUT2D eigenvalue weighted by molar-refractivity contribution is 6.00. The molecular weight excluding hydrogens is 1070 g/mol. The number of primary amides is 1. The number of rotatable bonds is 32. The lowest BCUT2D eigenvalue weighted by Gasteiger charge is -2.36. The summed E-state index contributed by atoms with van der Waals surface area (Å²) in [7, 11) is 0. The van der Waals surface area contributed by atoms with Crippen LogP contribution in [0.3, 0.4) is 0 Å². The molecule has 8 unspecified atom stereocenters. The molecule has 25 heteroatoms. The normalized spacial score (nSPS) is 17.9. The van der Waals surface area contributed by atoms with Crippen molar-refractivity contribution in [2.45, 2.75) is 247 Å². The van der Waals surface area contributed by atoms with Crippen LogP contribution >= 0.6 is 0 Å². The van der Waals surface area contributed by atoms with Gasteiger partial charge in [-0.05, 0) is 129 Å². The van der Waals surface area contributed by atoms with Gasteiger partial charge in [0.2, 0.25) is 70.9 Å². The Bertz CT molecular complexity index is 2320. The van der Waals surface area contributed by atoms with E-state index in [0.717, 1.165) is 0 Å². The summed E-state index contributed by atoms with van der Waals surface area (Å²) in [4.78, 5) is 166. The van der Waals surface area contributed by atoms with Crippen molar-refractivity contribution < 1.29 is 62.6 Å². The monoisotopic (exact) mass is 1170 g/mol. The number of aliphatic hydroxyl groups excluding tert-OH is 1. The summed E-state index contributed by atoms with van der Waals surface area (Å²) >= 11 is 0. The molecule has 0 aromatic carbocycles. The number of carbonyl (C=O) groups is 12. The van der Waals surface area contributed by atoms with E-state index in [-0.39, 0.29) is 87.8 Å². The number of aliphatic hydroxyl groups is 1. The van der Waals surface area contributed by atoms with Crippen molar-refractivity contribution in [3.05, 3.63) is 0 Å². The summed E-state index contributed by atoms with van der Waals surface area (Å²) in [5.41, 5.74) is 0.752. The van der Waals surface area contributed by atoms with E-state index in [1.54, 1.807) is 27.7 Å². The zero-order valence-corrected chi connectivity index (χ0v) is 52.5. The molecule has 2 saturated heterocycles. The predicted molar refractivity (Wildman–Crippen MR) is 312 cm³/mol. The molecule has 83 heavy (non-hydrogen) atoms. The average Bonchev–Trinajstić information content (AvgIpc) is 3.80. The second-order valence-electron chi connectivity index (χ2n) is 26.2. The fraction of sp³-hybridized carbons (Fsp3) is 0.793. The largest absolute Gasteiger partial charge is 0.394 e. The van der Waals surface area contributed by atoms with E-state index in [0.29, 0.717) is 25.7 Å². The zero-order valence-electron chi connectivity index (χ0n) is 52.5. The summed E-state index contributed by atoms with van der Waals surface area (Å²) in [6.07, 6.45) is 2.04. The smallest absolute Gasteiger partial charge is 0.248 e. The Morgan fingerprint density at radius 1 is 0.494 bits per heavy atom. The van der Waals surface area contributed by atoms with Gasteiger partial charge in [-0.3, -0.25) is 57.5 Å². The highest BCUT2D eigenvalue weighted by Crippen LogP contribution is 2.25. The first-order valence-electron chi connectivity index (χ1n) is 29.5. The Morgan fingerprint density at radius 2 is 0.892 bits per heavy atom. The van der Waals surface area contributed by atoms with Crippen molar-refractivity contribution in [2.75, 3.05) is 19.7 Å². The van der Waals surface area contributed by atoms with E-state index in [1.807, 2.05) is 41.5 Å². The minimum absolute atomic E-state index is 0.0876. The van der Waals surface area contributed by atoms with E-state index in [4.69, 9.17) is 5.73 Å². The molecular formula is C58H102N12O13. The molecule has 0 saturated carbocycles. The highest BCUT2D eigenvalue weighted by Gasteiger charge is 2.46. The number of nitrogens with zero attached hydrogens (tertiary/aromatic N) is 2. The van der Waals surface area contributed by atoms with Gasteiger partial charge in [-0.15, -0.1) is 0 Å². The Balaban J connectivity index is 2.29. The van der Waals surface area contributed by atoms with Crippen LogP contribution in [0.1, 0.15) is 182 Å². The van der Waals surface area contributed by atoms with Crippen LogP contribution in [-0.4, -0.2) is 170 Å².